The van der Waals surface area contributed by atoms with Gasteiger partial charge < -0.3 is 15.0 Å². The molecular formula is C18H22N4O4S. The Kier molecular flexibility index (Phi) is 5.59. The van der Waals surface area contributed by atoms with Crippen molar-refractivity contribution in [2.24, 2.45) is 0 Å². The van der Waals surface area contributed by atoms with Crippen molar-refractivity contribution in [2.75, 3.05) is 35.4 Å². The number of sulfone groups is 1. The SMILES string of the molecule is CCOC(=O)c1ccccc1Nc1nccc(N(C)C2CCS(=O)(=O)C2)n1. The molecule has 1 aliphatic heterocycles. The summed E-state index contributed by atoms with van der Waals surface area (Å²) in [6.07, 6.45) is 2.18. The van der Waals surface area contributed by atoms with Crippen LogP contribution in [0.15, 0.2) is 36.5 Å². The van der Waals surface area contributed by atoms with E-state index in [1.807, 2.05) is 11.9 Å². The van der Waals surface area contributed by atoms with Gasteiger partial charge in [0.15, 0.2) is 9.84 Å². The molecule has 0 amide bonds. The number of anilines is 3. The average Bonchev–Trinajstić information content (AvgIpc) is 3.02. The molecule has 144 valence electrons. The fourth-order valence-corrected chi connectivity index (χ4v) is 4.75. The van der Waals surface area contributed by atoms with Crippen molar-refractivity contribution in [3.05, 3.63) is 42.1 Å². The molecule has 1 aromatic carbocycles. The number of hydrogen-bond donors (Lipinski definition) is 1. The Hall–Kier alpha value is -2.68. The number of nitrogens with one attached hydrogen (secondary N) is 1. The van der Waals surface area contributed by atoms with E-state index in [1.165, 1.54) is 0 Å². The highest BCUT2D eigenvalue weighted by atomic mass is 32.2. The van der Waals surface area contributed by atoms with Crippen LogP contribution in [0.5, 0.6) is 0 Å². The van der Waals surface area contributed by atoms with E-state index in [0.29, 0.717) is 29.4 Å². The molecule has 1 aliphatic rings. The molecule has 9 heteroatoms. The zero-order chi connectivity index (χ0) is 19.4. The van der Waals surface area contributed by atoms with Crippen LogP contribution in [-0.2, 0) is 14.6 Å². The van der Waals surface area contributed by atoms with Crippen LogP contribution in [0, 0.1) is 0 Å². The normalized spacial score (nSPS) is 18.1. The van der Waals surface area contributed by atoms with Crippen molar-refractivity contribution in [2.45, 2.75) is 19.4 Å². The molecule has 1 saturated heterocycles. The van der Waals surface area contributed by atoms with E-state index in [4.69, 9.17) is 4.74 Å². The van der Waals surface area contributed by atoms with Crippen molar-refractivity contribution in [3.63, 3.8) is 0 Å². The van der Waals surface area contributed by atoms with Crippen LogP contribution in [-0.4, -0.2) is 55.6 Å². The number of para-hydroxylation sites is 1. The summed E-state index contributed by atoms with van der Waals surface area (Å²) in [5, 5.41) is 3.05. The first-order valence-corrected chi connectivity index (χ1v) is 10.5. The van der Waals surface area contributed by atoms with Crippen LogP contribution in [0.1, 0.15) is 23.7 Å². The second-order valence-electron chi connectivity index (χ2n) is 6.30. The number of rotatable bonds is 6. The number of carbonyl (C=O) groups is 1. The summed E-state index contributed by atoms with van der Waals surface area (Å²) in [7, 11) is -1.16. The third-order valence-electron chi connectivity index (χ3n) is 4.43. The quantitative estimate of drug-likeness (QED) is 0.748. The molecule has 1 N–H and O–H groups in total. The van der Waals surface area contributed by atoms with Gasteiger partial charge in [-0.2, -0.15) is 4.98 Å². The van der Waals surface area contributed by atoms with Gasteiger partial charge in [0.1, 0.15) is 5.82 Å². The van der Waals surface area contributed by atoms with Gasteiger partial charge >= 0.3 is 5.97 Å². The Morgan fingerprint density at radius 1 is 1.33 bits per heavy atom. The molecule has 3 rings (SSSR count). The Labute approximate surface area is 158 Å². The molecule has 0 radical (unpaired) electrons. The molecule has 0 aliphatic carbocycles. The Morgan fingerprint density at radius 2 is 2.11 bits per heavy atom. The summed E-state index contributed by atoms with van der Waals surface area (Å²) < 4.78 is 28.5. The zero-order valence-corrected chi connectivity index (χ0v) is 16.1. The maximum absolute atomic E-state index is 12.1. The molecule has 0 saturated carbocycles. The van der Waals surface area contributed by atoms with Gasteiger partial charge in [0.05, 0.1) is 29.4 Å². The van der Waals surface area contributed by atoms with Crippen molar-refractivity contribution >= 4 is 33.3 Å². The van der Waals surface area contributed by atoms with Gasteiger partial charge in [-0.15, -0.1) is 0 Å². The van der Waals surface area contributed by atoms with E-state index in [-0.39, 0.29) is 24.2 Å². The average molecular weight is 390 g/mol. The lowest BCUT2D eigenvalue weighted by molar-refractivity contribution is 0.0527. The molecular weight excluding hydrogens is 368 g/mol. The number of benzene rings is 1. The monoisotopic (exact) mass is 390 g/mol. The molecule has 2 heterocycles. The minimum absolute atomic E-state index is 0.107. The van der Waals surface area contributed by atoms with Crippen molar-refractivity contribution in [3.8, 4) is 0 Å². The fraction of sp³-hybridized carbons (Fsp3) is 0.389. The van der Waals surface area contributed by atoms with Crippen LogP contribution in [0.2, 0.25) is 0 Å². The fourth-order valence-electron chi connectivity index (χ4n) is 2.97. The summed E-state index contributed by atoms with van der Waals surface area (Å²) in [5.41, 5.74) is 0.933. The first kappa shape index (κ1) is 19.1. The van der Waals surface area contributed by atoms with Crippen molar-refractivity contribution in [1.82, 2.24) is 9.97 Å². The molecule has 27 heavy (non-hydrogen) atoms. The zero-order valence-electron chi connectivity index (χ0n) is 15.3. The number of nitrogens with zero attached hydrogens (tertiary/aromatic N) is 3. The molecule has 1 fully saturated rings. The van der Waals surface area contributed by atoms with E-state index in [9.17, 15) is 13.2 Å². The molecule has 1 aromatic heterocycles. The second kappa shape index (κ2) is 7.91. The van der Waals surface area contributed by atoms with E-state index < -0.39 is 15.8 Å². The molecule has 1 atom stereocenters. The summed E-state index contributed by atoms with van der Waals surface area (Å²) in [4.78, 5) is 22.6. The Balaban J connectivity index is 1.80. The van der Waals surface area contributed by atoms with E-state index >= 15 is 0 Å². The smallest absolute Gasteiger partial charge is 0.340 e. The Bertz CT molecular complexity index is 932. The molecule has 0 spiro atoms. The van der Waals surface area contributed by atoms with Gasteiger partial charge in [0.25, 0.3) is 0 Å². The molecule has 0 bridgehead atoms. The van der Waals surface area contributed by atoms with E-state index in [2.05, 4.69) is 15.3 Å². The van der Waals surface area contributed by atoms with Gasteiger partial charge in [0.2, 0.25) is 5.95 Å². The van der Waals surface area contributed by atoms with Gasteiger partial charge in [-0.1, -0.05) is 12.1 Å². The maximum atomic E-state index is 12.1. The van der Waals surface area contributed by atoms with Crippen LogP contribution in [0.3, 0.4) is 0 Å². The lowest BCUT2D eigenvalue weighted by Gasteiger charge is -2.24. The number of hydrogen-bond acceptors (Lipinski definition) is 8. The highest BCUT2D eigenvalue weighted by Crippen LogP contribution is 2.24. The number of aromatic nitrogens is 2. The standard InChI is InChI=1S/C18H22N4O4S/c1-3-26-17(23)14-6-4-5-7-15(14)20-18-19-10-8-16(21-18)22(2)13-9-11-27(24,25)12-13/h4-8,10,13H,3,9,11-12H2,1-2H3,(H,19,20,21). The summed E-state index contributed by atoms with van der Waals surface area (Å²) in [6.45, 7) is 2.04. The second-order valence-corrected chi connectivity index (χ2v) is 8.53. The minimum atomic E-state index is -2.98. The van der Waals surface area contributed by atoms with E-state index in [1.54, 1.807) is 43.5 Å². The third kappa shape index (κ3) is 4.54. The van der Waals surface area contributed by atoms with Crippen LogP contribution < -0.4 is 10.2 Å². The minimum Gasteiger partial charge on any atom is -0.462 e. The van der Waals surface area contributed by atoms with Gasteiger partial charge in [-0.25, -0.2) is 18.2 Å². The first-order chi connectivity index (χ1) is 12.9. The Morgan fingerprint density at radius 3 is 2.81 bits per heavy atom. The lowest BCUT2D eigenvalue weighted by Crippen LogP contribution is -2.33. The summed E-state index contributed by atoms with van der Waals surface area (Å²) >= 11 is 0. The highest BCUT2D eigenvalue weighted by Gasteiger charge is 2.31. The van der Waals surface area contributed by atoms with Gasteiger partial charge in [0, 0.05) is 19.3 Å². The van der Waals surface area contributed by atoms with Crippen LogP contribution in [0.4, 0.5) is 17.5 Å². The van der Waals surface area contributed by atoms with E-state index in [0.717, 1.165) is 0 Å². The van der Waals surface area contributed by atoms with Crippen molar-refractivity contribution < 1.29 is 17.9 Å². The van der Waals surface area contributed by atoms with Crippen LogP contribution in [0.25, 0.3) is 0 Å². The number of carbonyl (C=O) groups excluding carboxylic acids is 1. The lowest BCUT2D eigenvalue weighted by atomic mass is 10.2. The topological polar surface area (TPSA) is 101 Å². The first-order valence-electron chi connectivity index (χ1n) is 8.69. The molecule has 2 aromatic rings. The molecule has 1 unspecified atom stereocenters. The third-order valence-corrected chi connectivity index (χ3v) is 6.18. The predicted molar refractivity (Wildman–Crippen MR) is 103 cm³/mol. The number of esters is 1. The summed E-state index contributed by atoms with van der Waals surface area (Å²) in [6, 6.07) is 8.58. The maximum Gasteiger partial charge on any atom is 0.340 e. The van der Waals surface area contributed by atoms with Crippen LogP contribution >= 0.6 is 0 Å². The largest absolute Gasteiger partial charge is 0.462 e. The highest BCUT2D eigenvalue weighted by molar-refractivity contribution is 7.91. The molecule has 8 nitrogen and oxygen atoms in total. The number of ether oxygens (including phenoxy) is 1. The summed E-state index contributed by atoms with van der Waals surface area (Å²) in [5.74, 6) is 0.831. The van der Waals surface area contributed by atoms with Crippen molar-refractivity contribution in [1.29, 1.82) is 0 Å². The predicted octanol–water partition coefficient (Wildman–Crippen LogP) is 2.02. The van der Waals surface area contributed by atoms with Gasteiger partial charge in [-0.05, 0) is 31.5 Å². The van der Waals surface area contributed by atoms with Gasteiger partial charge in [-0.3, -0.25) is 0 Å².